The minimum absolute atomic E-state index is 0.290. The van der Waals surface area contributed by atoms with E-state index in [0.717, 1.165) is 53.2 Å². The summed E-state index contributed by atoms with van der Waals surface area (Å²) in [6.45, 7) is 2.75. The lowest BCUT2D eigenvalue weighted by Crippen LogP contribution is -2.44. The molecule has 2 aromatic carbocycles. The summed E-state index contributed by atoms with van der Waals surface area (Å²) < 4.78 is 5.75. The van der Waals surface area contributed by atoms with Gasteiger partial charge >= 0.3 is 5.97 Å². The van der Waals surface area contributed by atoms with Gasteiger partial charge in [0.05, 0.1) is 18.4 Å². The fourth-order valence-corrected chi connectivity index (χ4v) is 4.75. The van der Waals surface area contributed by atoms with E-state index in [1.165, 1.54) is 12.7 Å². The molecule has 29 heavy (non-hydrogen) atoms. The Morgan fingerprint density at radius 3 is 2.62 bits per heavy atom. The standard InChI is InChI=1S/C22H22BrClN2O3/c1-28-21(27)17-4-2-16(3-5-17)20-13-22(29-25-20)6-8-26(9-7-22)14-15-10-18(23)12-19(24)11-15/h2-5,10-13,25H,6-9,14H2,1H3. The zero-order chi connectivity index (χ0) is 20.4. The smallest absolute Gasteiger partial charge is 0.337 e. The fraction of sp³-hybridized carbons (Fsp3) is 0.318. The Hall–Kier alpha value is -1.86. The molecule has 5 nitrogen and oxygen atoms in total. The molecular weight excluding hydrogens is 456 g/mol. The lowest BCUT2D eigenvalue weighted by Gasteiger charge is -2.36. The second-order valence-electron chi connectivity index (χ2n) is 7.45. The van der Waals surface area contributed by atoms with Crippen LogP contribution in [0.15, 0.2) is 53.0 Å². The van der Waals surface area contributed by atoms with Crippen LogP contribution in [0.1, 0.15) is 34.3 Å². The number of rotatable bonds is 4. The van der Waals surface area contributed by atoms with Crippen molar-refractivity contribution in [3.8, 4) is 0 Å². The molecule has 1 saturated heterocycles. The molecule has 0 saturated carbocycles. The van der Waals surface area contributed by atoms with E-state index in [1.54, 1.807) is 12.1 Å². The van der Waals surface area contributed by atoms with E-state index in [1.807, 2.05) is 24.3 Å². The maximum atomic E-state index is 11.6. The molecule has 0 aromatic heterocycles. The average Bonchev–Trinajstić information content (AvgIpc) is 3.12. The minimum atomic E-state index is -0.336. The number of benzene rings is 2. The number of ether oxygens (including phenoxy) is 1. The molecule has 0 bridgehead atoms. The highest BCUT2D eigenvalue weighted by Gasteiger charge is 2.38. The average molecular weight is 478 g/mol. The quantitative estimate of drug-likeness (QED) is 0.641. The molecule has 7 heteroatoms. The summed E-state index contributed by atoms with van der Waals surface area (Å²) in [7, 11) is 1.38. The lowest BCUT2D eigenvalue weighted by atomic mass is 9.90. The highest BCUT2D eigenvalue weighted by atomic mass is 79.9. The molecule has 0 radical (unpaired) electrons. The number of hydroxylamine groups is 1. The van der Waals surface area contributed by atoms with Gasteiger partial charge in [0.25, 0.3) is 0 Å². The van der Waals surface area contributed by atoms with Gasteiger partial charge in [-0.15, -0.1) is 0 Å². The molecule has 2 aromatic rings. The summed E-state index contributed by atoms with van der Waals surface area (Å²) in [6, 6.07) is 13.4. The van der Waals surface area contributed by atoms with Crippen molar-refractivity contribution in [3.05, 3.63) is 74.7 Å². The highest BCUT2D eigenvalue weighted by molar-refractivity contribution is 9.10. The normalized spacial score (nSPS) is 18.4. The zero-order valence-electron chi connectivity index (χ0n) is 16.1. The first-order valence-corrected chi connectivity index (χ1v) is 10.7. The first kappa shape index (κ1) is 20.4. The number of nitrogens with one attached hydrogen (secondary N) is 1. The van der Waals surface area contributed by atoms with Crippen molar-refractivity contribution in [2.24, 2.45) is 0 Å². The van der Waals surface area contributed by atoms with E-state index in [0.29, 0.717) is 5.56 Å². The number of hydrogen-bond acceptors (Lipinski definition) is 5. The van der Waals surface area contributed by atoms with E-state index in [4.69, 9.17) is 21.2 Å². The number of piperidine rings is 1. The van der Waals surface area contributed by atoms with Gasteiger partial charge in [0.15, 0.2) is 0 Å². The summed E-state index contributed by atoms with van der Waals surface area (Å²) in [5, 5.41) is 0.747. The van der Waals surface area contributed by atoms with Crippen LogP contribution >= 0.6 is 27.5 Å². The van der Waals surface area contributed by atoms with Crippen molar-refractivity contribution in [2.45, 2.75) is 25.0 Å². The van der Waals surface area contributed by atoms with Crippen LogP contribution in [0.4, 0.5) is 0 Å². The largest absolute Gasteiger partial charge is 0.465 e. The summed E-state index contributed by atoms with van der Waals surface area (Å²) in [5.41, 5.74) is 6.45. The van der Waals surface area contributed by atoms with Gasteiger partial charge in [0.1, 0.15) is 5.60 Å². The Kier molecular flexibility index (Phi) is 5.97. The SMILES string of the molecule is COC(=O)c1ccc(C2=CC3(CCN(Cc4cc(Cl)cc(Br)c4)CC3)ON2)cc1. The third-order valence-corrected chi connectivity index (χ3v) is 6.10. The predicted molar refractivity (Wildman–Crippen MR) is 116 cm³/mol. The Labute approximate surface area is 183 Å². The number of esters is 1. The van der Waals surface area contributed by atoms with Gasteiger partial charge < -0.3 is 4.74 Å². The van der Waals surface area contributed by atoms with Gasteiger partial charge in [0.2, 0.25) is 0 Å². The number of likely N-dealkylation sites (tertiary alicyclic amines) is 1. The molecule has 2 aliphatic rings. The van der Waals surface area contributed by atoms with Crippen molar-refractivity contribution in [1.29, 1.82) is 0 Å². The Morgan fingerprint density at radius 1 is 1.24 bits per heavy atom. The van der Waals surface area contributed by atoms with Crippen molar-refractivity contribution in [1.82, 2.24) is 10.4 Å². The molecule has 2 heterocycles. The van der Waals surface area contributed by atoms with Crippen LogP contribution in [0.2, 0.25) is 5.02 Å². The van der Waals surface area contributed by atoms with Gasteiger partial charge in [-0.05, 0) is 60.4 Å². The molecule has 152 valence electrons. The number of carbonyl (C=O) groups is 1. The monoisotopic (exact) mass is 476 g/mol. The summed E-state index contributed by atoms with van der Waals surface area (Å²) in [6.07, 6.45) is 3.99. The fourth-order valence-electron chi connectivity index (χ4n) is 3.82. The van der Waals surface area contributed by atoms with E-state index >= 15 is 0 Å². The molecule has 1 spiro atoms. The van der Waals surface area contributed by atoms with E-state index in [-0.39, 0.29) is 11.6 Å². The van der Waals surface area contributed by atoms with Crippen LogP contribution in [0.3, 0.4) is 0 Å². The molecule has 0 amide bonds. The van der Waals surface area contributed by atoms with Gasteiger partial charge in [-0.1, -0.05) is 39.7 Å². The van der Waals surface area contributed by atoms with Crippen LogP contribution in [-0.2, 0) is 16.1 Å². The Balaban J connectivity index is 1.39. The summed E-state index contributed by atoms with van der Waals surface area (Å²) >= 11 is 9.67. The van der Waals surface area contributed by atoms with Gasteiger partial charge in [-0.2, -0.15) is 0 Å². The third kappa shape index (κ3) is 4.67. The second kappa shape index (κ2) is 8.48. The third-order valence-electron chi connectivity index (χ3n) is 5.42. The van der Waals surface area contributed by atoms with Crippen LogP contribution in [0.25, 0.3) is 5.70 Å². The molecule has 1 fully saturated rings. The van der Waals surface area contributed by atoms with Gasteiger partial charge in [-0.25, -0.2) is 4.79 Å². The topological polar surface area (TPSA) is 50.8 Å². The van der Waals surface area contributed by atoms with Crippen molar-refractivity contribution < 1.29 is 14.4 Å². The van der Waals surface area contributed by atoms with Gasteiger partial charge in [-0.3, -0.25) is 15.2 Å². The van der Waals surface area contributed by atoms with Gasteiger partial charge in [0, 0.05) is 29.1 Å². The molecular formula is C22H22BrClN2O3. The maximum absolute atomic E-state index is 11.6. The number of hydrogen-bond donors (Lipinski definition) is 1. The van der Waals surface area contributed by atoms with Crippen molar-refractivity contribution >= 4 is 39.2 Å². The molecule has 1 N–H and O–H groups in total. The number of carbonyl (C=O) groups excluding carboxylic acids is 1. The molecule has 2 aliphatic heterocycles. The number of nitrogens with zero attached hydrogens (tertiary/aromatic N) is 1. The predicted octanol–water partition coefficient (Wildman–Crippen LogP) is 4.80. The Bertz CT molecular complexity index is 917. The molecule has 4 rings (SSSR count). The van der Waals surface area contributed by atoms with Crippen molar-refractivity contribution in [2.75, 3.05) is 20.2 Å². The van der Waals surface area contributed by atoms with Crippen LogP contribution in [-0.4, -0.2) is 36.7 Å². The van der Waals surface area contributed by atoms with E-state index < -0.39 is 0 Å². The van der Waals surface area contributed by atoms with Crippen LogP contribution in [0.5, 0.6) is 0 Å². The van der Waals surface area contributed by atoms with E-state index in [9.17, 15) is 4.79 Å². The first-order chi connectivity index (χ1) is 14.0. The molecule has 0 unspecified atom stereocenters. The van der Waals surface area contributed by atoms with Crippen molar-refractivity contribution in [3.63, 3.8) is 0 Å². The first-order valence-electron chi connectivity index (χ1n) is 9.49. The lowest BCUT2D eigenvalue weighted by molar-refractivity contribution is -0.0703. The number of halogens is 2. The Morgan fingerprint density at radius 2 is 1.97 bits per heavy atom. The second-order valence-corrected chi connectivity index (χ2v) is 8.80. The maximum Gasteiger partial charge on any atom is 0.337 e. The summed E-state index contributed by atoms with van der Waals surface area (Å²) in [5.74, 6) is -0.336. The highest BCUT2D eigenvalue weighted by Crippen LogP contribution is 2.35. The number of methoxy groups -OCH3 is 1. The minimum Gasteiger partial charge on any atom is -0.465 e. The zero-order valence-corrected chi connectivity index (χ0v) is 18.4. The van der Waals surface area contributed by atoms with Crippen LogP contribution in [0, 0.1) is 0 Å². The summed E-state index contributed by atoms with van der Waals surface area (Å²) in [4.78, 5) is 20.0. The van der Waals surface area contributed by atoms with E-state index in [2.05, 4.69) is 38.5 Å². The molecule has 0 aliphatic carbocycles. The molecule has 0 atom stereocenters. The van der Waals surface area contributed by atoms with Crippen LogP contribution < -0.4 is 5.48 Å².